The largest absolute Gasteiger partial charge is 0.487 e. The highest BCUT2D eigenvalue weighted by Crippen LogP contribution is 2.37. The lowest BCUT2D eigenvalue weighted by Crippen LogP contribution is -2.58. The van der Waals surface area contributed by atoms with E-state index in [1.165, 1.54) is 0 Å². The molecule has 8 heteroatoms. The minimum absolute atomic E-state index is 0.0576. The molecule has 1 N–H and O–H groups in total. The van der Waals surface area contributed by atoms with Crippen LogP contribution in [0.15, 0.2) is 61.1 Å². The molecule has 1 amide bonds. The van der Waals surface area contributed by atoms with Crippen LogP contribution in [0.3, 0.4) is 0 Å². The highest BCUT2D eigenvalue weighted by atomic mass is 16.5. The first-order chi connectivity index (χ1) is 15.7. The first-order valence-electron chi connectivity index (χ1n) is 11.2. The topological polar surface area (TPSA) is 85.2 Å². The van der Waals surface area contributed by atoms with Gasteiger partial charge >= 0.3 is 0 Å². The molecular weight excluding hydrogens is 404 g/mol. The number of nitrogens with zero attached hydrogens (tertiary/aromatic N) is 5. The lowest BCUT2D eigenvalue weighted by molar-refractivity contribution is -0.133. The van der Waals surface area contributed by atoms with Crippen molar-refractivity contribution in [3.05, 3.63) is 72.3 Å². The Hall–Kier alpha value is -3.26. The predicted molar refractivity (Wildman–Crippen MR) is 118 cm³/mol. The Kier molecular flexibility index (Phi) is 6.11. The maximum Gasteiger partial charge on any atom is 0.224 e. The third-order valence-corrected chi connectivity index (χ3v) is 6.52. The van der Waals surface area contributed by atoms with E-state index in [4.69, 9.17) is 4.74 Å². The van der Waals surface area contributed by atoms with Gasteiger partial charge in [0.2, 0.25) is 5.91 Å². The number of ether oxygens (including phenoxy) is 1. The molecule has 2 bridgehead atoms. The molecule has 3 aliphatic heterocycles. The zero-order chi connectivity index (χ0) is 21.8. The van der Waals surface area contributed by atoms with E-state index < -0.39 is 0 Å². The molecule has 3 aromatic rings. The van der Waals surface area contributed by atoms with Gasteiger partial charge in [-0.05, 0) is 49.1 Å². The first-order valence-corrected chi connectivity index (χ1v) is 11.2. The molecule has 3 fully saturated rings. The molecule has 8 nitrogen and oxygen atoms in total. The van der Waals surface area contributed by atoms with Gasteiger partial charge in [0.05, 0.1) is 18.7 Å². The number of amides is 1. The molecule has 0 aliphatic carbocycles. The van der Waals surface area contributed by atoms with Crippen LogP contribution in [-0.4, -0.2) is 49.9 Å². The third-order valence-electron chi connectivity index (χ3n) is 6.52. The van der Waals surface area contributed by atoms with Gasteiger partial charge in [-0.3, -0.25) is 19.4 Å². The van der Waals surface area contributed by atoms with Gasteiger partial charge in [0.1, 0.15) is 18.1 Å². The molecule has 0 saturated carbocycles. The second kappa shape index (κ2) is 9.48. The Bertz CT molecular complexity index is 1030. The van der Waals surface area contributed by atoms with Gasteiger partial charge in [0.15, 0.2) is 0 Å². The zero-order valence-corrected chi connectivity index (χ0v) is 18.0. The number of rotatable bonds is 8. The number of pyridine rings is 1. The number of hydrogen-bond donors (Lipinski definition) is 1. The Morgan fingerprint density at radius 2 is 2.09 bits per heavy atom. The van der Waals surface area contributed by atoms with Crippen LogP contribution >= 0.6 is 0 Å². The highest BCUT2D eigenvalue weighted by molar-refractivity contribution is 5.79. The van der Waals surface area contributed by atoms with Crippen molar-refractivity contribution in [3.63, 3.8) is 0 Å². The summed E-state index contributed by atoms with van der Waals surface area (Å²) in [6.45, 7) is 3.58. The van der Waals surface area contributed by atoms with Crippen molar-refractivity contribution in [2.45, 2.75) is 38.6 Å². The van der Waals surface area contributed by atoms with Crippen LogP contribution in [0.1, 0.15) is 24.1 Å². The zero-order valence-electron chi connectivity index (χ0n) is 18.0. The number of carbonyl (C=O) groups excluding carboxylic acids is 1. The van der Waals surface area contributed by atoms with E-state index in [9.17, 15) is 4.79 Å². The quantitative estimate of drug-likeness (QED) is 0.588. The Balaban J connectivity index is 1.12. The molecule has 3 aliphatic rings. The Labute approximate surface area is 187 Å². The van der Waals surface area contributed by atoms with Gasteiger partial charge < -0.3 is 10.1 Å². The average molecular weight is 433 g/mol. The molecule has 32 heavy (non-hydrogen) atoms. The normalized spacial score (nSPS) is 24.2. The molecule has 3 saturated heterocycles. The maximum absolute atomic E-state index is 12.8. The number of fused-ring (bicyclic) bond motifs is 3. The number of hydrogen-bond acceptors (Lipinski definition) is 6. The highest BCUT2D eigenvalue weighted by Gasteiger charge is 2.43. The van der Waals surface area contributed by atoms with Crippen molar-refractivity contribution in [2.24, 2.45) is 11.8 Å². The molecule has 5 heterocycles. The van der Waals surface area contributed by atoms with Gasteiger partial charge in [0, 0.05) is 31.5 Å². The number of piperidine rings is 3. The minimum Gasteiger partial charge on any atom is -0.487 e. The fourth-order valence-corrected chi connectivity index (χ4v) is 4.83. The summed E-state index contributed by atoms with van der Waals surface area (Å²) < 4.78 is 7.67. The lowest BCUT2D eigenvalue weighted by Gasteiger charge is -2.49. The van der Waals surface area contributed by atoms with Crippen LogP contribution in [0.5, 0.6) is 5.75 Å². The second-order valence-electron chi connectivity index (χ2n) is 8.65. The lowest BCUT2D eigenvalue weighted by atomic mass is 9.75. The van der Waals surface area contributed by atoms with Crippen molar-refractivity contribution >= 4 is 5.91 Å². The average Bonchev–Trinajstić information content (AvgIpc) is 3.30. The van der Waals surface area contributed by atoms with Crippen molar-refractivity contribution in [1.29, 1.82) is 0 Å². The van der Waals surface area contributed by atoms with Gasteiger partial charge in [0.25, 0.3) is 0 Å². The standard InChI is InChI=1S/C24H28N6O2/c31-24(26-13-18-5-4-9-25-12-18)23-16-29-10-8-19(23)11-21(29)15-30-14-20(27-28-30)17-32-22-6-2-1-3-7-22/h1-7,9,12,14,19,21,23H,8,10-11,13,15-17H2,(H,26,31)/t19?,21-,23+/m1/s1. The van der Waals surface area contributed by atoms with Crippen LogP contribution in [0.4, 0.5) is 0 Å². The smallest absolute Gasteiger partial charge is 0.224 e. The van der Waals surface area contributed by atoms with Gasteiger partial charge in [-0.2, -0.15) is 0 Å². The fourth-order valence-electron chi connectivity index (χ4n) is 4.83. The number of benzene rings is 1. The van der Waals surface area contributed by atoms with E-state index in [2.05, 4.69) is 25.5 Å². The summed E-state index contributed by atoms with van der Waals surface area (Å²) in [5, 5.41) is 11.7. The first kappa shape index (κ1) is 20.6. The second-order valence-corrected chi connectivity index (χ2v) is 8.65. The van der Waals surface area contributed by atoms with Crippen molar-refractivity contribution in [3.8, 4) is 5.75 Å². The third kappa shape index (κ3) is 4.80. The molecule has 0 spiro atoms. The van der Waals surface area contributed by atoms with Gasteiger partial charge in [-0.25, -0.2) is 0 Å². The summed E-state index contributed by atoms with van der Waals surface area (Å²) in [7, 11) is 0. The van der Waals surface area contributed by atoms with Gasteiger partial charge in [-0.1, -0.05) is 29.5 Å². The molecule has 166 valence electrons. The number of para-hydroxylation sites is 1. The summed E-state index contributed by atoms with van der Waals surface area (Å²) in [5.41, 5.74) is 1.84. The van der Waals surface area contributed by atoms with Crippen LogP contribution in [0.2, 0.25) is 0 Å². The van der Waals surface area contributed by atoms with Crippen LogP contribution in [0, 0.1) is 11.8 Å². The number of aromatic nitrogens is 4. The van der Waals surface area contributed by atoms with Gasteiger partial charge in [-0.15, -0.1) is 5.10 Å². The molecule has 0 radical (unpaired) electrons. The summed E-state index contributed by atoms with van der Waals surface area (Å²) >= 11 is 0. The monoisotopic (exact) mass is 432 g/mol. The van der Waals surface area contributed by atoms with Crippen molar-refractivity contribution < 1.29 is 9.53 Å². The van der Waals surface area contributed by atoms with Crippen molar-refractivity contribution in [1.82, 2.24) is 30.2 Å². The van der Waals surface area contributed by atoms with E-state index in [0.717, 1.165) is 49.5 Å². The number of nitrogens with one attached hydrogen (secondary N) is 1. The van der Waals surface area contributed by atoms with E-state index in [1.54, 1.807) is 12.4 Å². The number of carbonyl (C=O) groups is 1. The Morgan fingerprint density at radius 1 is 1.19 bits per heavy atom. The minimum atomic E-state index is 0.0576. The van der Waals surface area contributed by atoms with E-state index in [-0.39, 0.29) is 11.8 Å². The van der Waals surface area contributed by atoms with E-state index in [1.807, 2.05) is 53.3 Å². The summed E-state index contributed by atoms with van der Waals surface area (Å²) in [6.07, 6.45) is 7.59. The predicted octanol–water partition coefficient (Wildman–Crippen LogP) is 2.28. The molecular formula is C24H28N6O2. The van der Waals surface area contributed by atoms with Crippen molar-refractivity contribution in [2.75, 3.05) is 13.1 Å². The SMILES string of the molecule is O=C(NCc1cccnc1)[C@H]1CN2CCC1C[C@@H]2Cn1cc(COc2ccccc2)nn1. The molecule has 2 aromatic heterocycles. The maximum atomic E-state index is 12.8. The van der Waals surface area contributed by atoms with E-state index >= 15 is 0 Å². The van der Waals surface area contributed by atoms with Crippen LogP contribution in [-0.2, 0) is 24.5 Å². The molecule has 2 unspecified atom stereocenters. The fraction of sp³-hybridized carbons (Fsp3) is 0.417. The molecule has 1 aromatic carbocycles. The van der Waals surface area contributed by atoms with E-state index in [0.29, 0.717) is 25.1 Å². The summed E-state index contributed by atoms with van der Waals surface area (Å²) in [5.74, 6) is 1.46. The van der Waals surface area contributed by atoms with Crippen LogP contribution < -0.4 is 10.1 Å². The Morgan fingerprint density at radius 3 is 2.88 bits per heavy atom. The molecule has 4 atom stereocenters. The molecule has 6 rings (SSSR count). The summed E-state index contributed by atoms with van der Waals surface area (Å²) in [6, 6.07) is 14.0. The summed E-state index contributed by atoms with van der Waals surface area (Å²) in [4.78, 5) is 19.4. The van der Waals surface area contributed by atoms with Crippen LogP contribution in [0.25, 0.3) is 0 Å².